The molecular formula is C48H95NO4. The number of nitrogens with zero attached hydrogens (tertiary/aromatic N) is 1. The zero-order chi connectivity index (χ0) is 39.0. The highest BCUT2D eigenvalue weighted by Crippen LogP contribution is 2.25. The molecule has 0 aromatic heterocycles. The van der Waals surface area contributed by atoms with Crippen molar-refractivity contribution in [3.8, 4) is 0 Å². The van der Waals surface area contributed by atoms with E-state index in [2.05, 4.69) is 46.7 Å². The van der Waals surface area contributed by atoms with Gasteiger partial charge in [-0.3, -0.25) is 9.59 Å². The SMILES string of the molecule is CCCCCC(CCCCC)CC(=O)OCCCCCCCCC(CCCCCCCCOC(=O)CC(CCCCC)CCCCC)CCCN(C)C. The van der Waals surface area contributed by atoms with Gasteiger partial charge in [-0.25, -0.2) is 0 Å². The number of hydrogen-bond donors (Lipinski definition) is 0. The van der Waals surface area contributed by atoms with E-state index in [1.807, 2.05) is 0 Å². The molecule has 0 aliphatic carbocycles. The van der Waals surface area contributed by atoms with E-state index in [9.17, 15) is 9.59 Å². The Morgan fingerprint density at radius 3 is 1.00 bits per heavy atom. The molecule has 0 spiro atoms. The molecule has 0 aliphatic rings. The van der Waals surface area contributed by atoms with Crippen LogP contribution in [0.5, 0.6) is 0 Å². The number of unbranched alkanes of at least 4 members (excludes halogenated alkanes) is 18. The maximum atomic E-state index is 12.5. The highest BCUT2D eigenvalue weighted by molar-refractivity contribution is 5.70. The van der Waals surface area contributed by atoms with Gasteiger partial charge in [-0.05, 0) is 89.8 Å². The van der Waals surface area contributed by atoms with Crippen molar-refractivity contribution < 1.29 is 19.1 Å². The van der Waals surface area contributed by atoms with Crippen molar-refractivity contribution in [2.24, 2.45) is 17.8 Å². The highest BCUT2D eigenvalue weighted by atomic mass is 16.5. The molecule has 0 rings (SSSR count). The van der Waals surface area contributed by atoms with Gasteiger partial charge in [0.15, 0.2) is 0 Å². The minimum Gasteiger partial charge on any atom is -0.466 e. The monoisotopic (exact) mass is 750 g/mol. The van der Waals surface area contributed by atoms with Crippen molar-refractivity contribution >= 4 is 11.9 Å². The normalized spacial score (nSPS) is 11.8. The molecule has 0 radical (unpaired) electrons. The van der Waals surface area contributed by atoms with Gasteiger partial charge in [0.05, 0.1) is 13.2 Å². The van der Waals surface area contributed by atoms with E-state index in [4.69, 9.17) is 9.47 Å². The van der Waals surface area contributed by atoms with Crippen molar-refractivity contribution in [3.63, 3.8) is 0 Å². The topological polar surface area (TPSA) is 55.8 Å². The number of carbonyl (C=O) groups excluding carboxylic acids is 2. The summed E-state index contributed by atoms with van der Waals surface area (Å²) in [6, 6.07) is 0. The average Bonchev–Trinajstić information content (AvgIpc) is 3.13. The molecular weight excluding hydrogens is 655 g/mol. The first-order valence-corrected chi connectivity index (χ1v) is 23.8. The van der Waals surface area contributed by atoms with Crippen LogP contribution in [0, 0.1) is 17.8 Å². The van der Waals surface area contributed by atoms with Gasteiger partial charge < -0.3 is 14.4 Å². The van der Waals surface area contributed by atoms with E-state index < -0.39 is 0 Å². The Labute approximate surface area is 332 Å². The fourth-order valence-electron chi connectivity index (χ4n) is 8.00. The molecule has 0 N–H and O–H groups in total. The molecule has 0 saturated carbocycles. The Hall–Kier alpha value is -1.10. The molecule has 0 aromatic carbocycles. The molecule has 316 valence electrons. The second-order valence-corrected chi connectivity index (χ2v) is 17.2. The number of ether oxygens (including phenoxy) is 2. The van der Waals surface area contributed by atoms with Gasteiger partial charge in [0, 0.05) is 12.8 Å². The zero-order valence-electron chi connectivity index (χ0n) is 37.0. The van der Waals surface area contributed by atoms with Gasteiger partial charge in [0.1, 0.15) is 0 Å². The molecule has 5 nitrogen and oxygen atoms in total. The number of rotatable bonds is 42. The van der Waals surface area contributed by atoms with Crippen LogP contribution in [0.4, 0.5) is 0 Å². The summed E-state index contributed by atoms with van der Waals surface area (Å²) in [4.78, 5) is 27.3. The summed E-state index contributed by atoms with van der Waals surface area (Å²) in [6.07, 6.45) is 41.4. The third-order valence-corrected chi connectivity index (χ3v) is 11.5. The molecule has 0 aliphatic heterocycles. The van der Waals surface area contributed by atoms with Crippen LogP contribution in [0.2, 0.25) is 0 Å². The number of carbonyl (C=O) groups is 2. The summed E-state index contributed by atoms with van der Waals surface area (Å²) in [5.74, 6) is 1.98. The van der Waals surface area contributed by atoms with Crippen LogP contribution in [-0.4, -0.2) is 50.7 Å². The first-order chi connectivity index (χ1) is 25.9. The number of esters is 2. The van der Waals surface area contributed by atoms with Gasteiger partial charge >= 0.3 is 11.9 Å². The van der Waals surface area contributed by atoms with Crippen molar-refractivity contribution in [2.75, 3.05) is 33.9 Å². The Bertz CT molecular complexity index is 695. The Kier molecular flexibility index (Phi) is 39.7. The maximum absolute atomic E-state index is 12.5. The molecule has 5 heteroatoms. The summed E-state index contributed by atoms with van der Waals surface area (Å²) < 4.78 is 11.3. The van der Waals surface area contributed by atoms with Gasteiger partial charge in [-0.2, -0.15) is 0 Å². The maximum Gasteiger partial charge on any atom is 0.306 e. The van der Waals surface area contributed by atoms with Crippen LogP contribution in [0.3, 0.4) is 0 Å². The summed E-state index contributed by atoms with van der Waals surface area (Å²) in [5.41, 5.74) is 0. The van der Waals surface area contributed by atoms with E-state index in [0.29, 0.717) is 37.9 Å². The minimum absolute atomic E-state index is 0.0377. The van der Waals surface area contributed by atoms with E-state index >= 15 is 0 Å². The molecule has 0 saturated heterocycles. The van der Waals surface area contributed by atoms with Gasteiger partial charge in [-0.15, -0.1) is 0 Å². The predicted molar refractivity (Wildman–Crippen MR) is 231 cm³/mol. The summed E-state index contributed by atoms with van der Waals surface area (Å²) in [5, 5.41) is 0. The van der Waals surface area contributed by atoms with Gasteiger partial charge in [0.2, 0.25) is 0 Å². The molecule has 53 heavy (non-hydrogen) atoms. The molecule has 0 amide bonds. The van der Waals surface area contributed by atoms with Crippen molar-refractivity contribution in [1.82, 2.24) is 4.90 Å². The zero-order valence-corrected chi connectivity index (χ0v) is 37.0. The lowest BCUT2D eigenvalue weighted by Gasteiger charge is -2.18. The fraction of sp³-hybridized carbons (Fsp3) is 0.958. The standard InChI is InChI=1S/C48H95NO4/c1-7-11-23-34-45(35-24-12-8-2)42-47(50)52-40-29-21-17-15-19-27-32-44(38-31-39-49(5)6)33-28-20-16-18-22-30-41-53-48(51)43-46(36-25-13-9-3)37-26-14-10-4/h44-46H,7-43H2,1-6H3. The fourth-order valence-corrected chi connectivity index (χ4v) is 8.00. The molecule has 0 heterocycles. The van der Waals surface area contributed by atoms with Crippen LogP contribution in [0.15, 0.2) is 0 Å². The number of hydrogen-bond acceptors (Lipinski definition) is 5. The third kappa shape index (κ3) is 37.6. The molecule has 0 fully saturated rings. The van der Waals surface area contributed by atoms with E-state index in [0.717, 1.165) is 18.8 Å². The van der Waals surface area contributed by atoms with Crippen LogP contribution in [0.1, 0.15) is 246 Å². The van der Waals surface area contributed by atoms with Crippen molar-refractivity contribution in [3.05, 3.63) is 0 Å². The van der Waals surface area contributed by atoms with E-state index in [1.54, 1.807) is 0 Å². The summed E-state index contributed by atoms with van der Waals surface area (Å²) in [6.45, 7) is 11.4. The summed E-state index contributed by atoms with van der Waals surface area (Å²) in [7, 11) is 4.38. The first kappa shape index (κ1) is 51.9. The second-order valence-electron chi connectivity index (χ2n) is 17.2. The first-order valence-electron chi connectivity index (χ1n) is 23.8. The quantitative estimate of drug-likeness (QED) is 0.0459. The second kappa shape index (κ2) is 40.6. The highest BCUT2D eigenvalue weighted by Gasteiger charge is 2.16. The lowest BCUT2D eigenvalue weighted by atomic mass is 9.90. The van der Waals surface area contributed by atoms with Crippen molar-refractivity contribution in [2.45, 2.75) is 246 Å². The average molecular weight is 750 g/mol. The van der Waals surface area contributed by atoms with E-state index in [1.165, 1.54) is 199 Å². The van der Waals surface area contributed by atoms with E-state index in [-0.39, 0.29) is 11.9 Å². The molecule has 0 unspecified atom stereocenters. The smallest absolute Gasteiger partial charge is 0.306 e. The van der Waals surface area contributed by atoms with Crippen molar-refractivity contribution in [1.29, 1.82) is 0 Å². The van der Waals surface area contributed by atoms with Gasteiger partial charge in [-0.1, -0.05) is 182 Å². The molecule has 0 bridgehead atoms. The lowest BCUT2D eigenvalue weighted by Crippen LogP contribution is -2.14. The summed E-state index contributed by atoms with van der Waals surface area (Å²) >= 11 is 0. The Balaban J connectivity index is 4.10. The Morgan fingerprint density at radius 2 is 0.660 bits per heavy atom. The van der Waals surface area contributed by atoms with Crippen LogP contribution in [0.25, 0.3) is 0 Å². The largest absolute Gasteiger partial charge is 0.466 e. The predicted octanol–water partition coefficient (Wildman–Crippen LogP) is 14.8. The third-order valence-electron chi connectivity index (χ3n) is 11.5. The van der Waals surface area contributed by atoms with Crippen LogP contribution < -0.4 is 0 Å². The Morgan fingerprint density at radius 1 is 0.377 bits per heavy atom. The molecule has 0 aromatic rings. The van der Waals surface area contributed by atoms with Crippen LogP contribution >= 0.6 is 0 Å². The minimum atomic E-state index is 0.0377. The van der Waals surface area contributed by atoms with Gasteiger partial charge in [0.25, 0.3) is 0 Å². The van der Waals surface area contributed by atoms with Crippen LogP contribution in [-0.2, 0) is 19.1 Å². The lowest BCUT2D eigenvalue weighted by molar-refractivity contribution is -0.146. The molecule has 0 atom stereocenters.